The Morgan fingerprint density at radius 2 is 1.70 bits per heavy atom. The molecule has 0 fully saturated rings. The minimum atomic E-state index is -0.532. The maximum Gasteiger partial charge on any atom is 0.309 e. The molecule has 4 heteroatoms. The van der Waals surface area contributed by atoms with E-state index in [0.29, 0.717) is 5.92 Å². The molecule has 0 heterocycles. The Morgan fingerprint density at radius 1 is 1.15 bits per heavy atom. The lowest BCUT2D eigenvalue weighted by Crippen LogP contribution is -2.33. The molecule has 0 aromatic rings. The number of hydrogen-bond donors (Lipinski definition) is 0. The van der Waals surface area contributed by atoms with Crippen LogP contribution in [0.4, 0.5) is 0 Å². The van der Waals surface area contributed by atoms with Gasteiger partial charge in [-0.15, -0.1) is 0 Å². The minimum Gasteiger partial charge on any atom is -0.469 e. The van der Waals surface area contributed by atoms with E-state index in [-0.39, 0.29) is 24.3 Å². The summed E-state index contributed by atoms with van der Waals surface area (Å²) in [7, 11) is 1.37. The molecule has 2 atom stereocenters. The standard InChI is InChI=1S/C16H30O4/c1-8-9-12(11(2)3)13(15(18)19-7)10-14(17)20-16(4,5)6/h11-13H,8-10H2,1-7H3. The average Bonchev–Trinajstić information content (AvgIpc) is 2.30. The first-order chi connectivity index (χ1) is 9.12. The second kappa shape index (κ2) is 8.28. The molecule has 0 radical (unpaired) electrons. The lowest BCUT2D eigenvalue weighted by Gasteiger charge is -2.28. The zero-order chi connectivity index (χ0) is 15.9. The molecule has 0 amide bonds. The average molecular weight is 286 g/mol. The molecule has 2 unspecified atom stereocenters. The van der Waals surface area contributed by atoms with Crippen molar-refractivity contribution in [3.8, 4) is 0 Å². The highest BCUT2D eigenvalue weighted by Crippen LogP contribution is 2.30. The fraction of sp³-hybridized carbons (Fsp3) is 0.875. The highest BCUT2D eigenvalue weighted by Gasteiger charge is 2.34. The molecule has 0 rings (SSSR count). The van der Waals surface area contributed by atoms with Crippen molar-refractivity contribution in [1.29, 1.82) is 0 Å². The van der Waals surface area contributed by atoms with E-state index in [1.807, 2.05) is 20.8 Å². The van der Waals surface area contributed by atoms with Crippen molar-refractivity contribution >= 4 is 11.9 Å². The van der Waals surface area contributed by atoms with Gasteiger partial charge in [0.1, 0.15) is 5.60 Å². The van der Waals surface area contributed by atoms with E-state index in [4.69, 9.17) is 9.47 Å². The summed E-state index contributed by atoms with van der Waals surface area (Å²) in [6.07, 6.45) is 1.97. The maximum atomic E-state index is 12.0. The Kier molecular flexibility index (Phi) is 7.84. The molecular formula is C16H30O4. The molecule has 0 N–H and O–H groups in total. The van der Waals surface area contributed by atoms with Crippen LogP contribution in [0.15, 0.2) is 0 Å². The first-order valence-electron chi connectivity index (χ1n) is 7.42. The van der Waals surface area contributed by atoms with Gasteiger partial charge in [0.15, 0.2) is 0 Å². The topological polar surface area (TPSA) is 52.6 Å². The smallest absolute Gasteiger partial charge is 0.309 e. The van der Waals surface area contributed by atoms with E-state index in [1.54, 1.807) is 0 Å². The summed E-state index contributed by atoms with van der Waals surface area (Å²) in [6, 6.07) is 0. The summed E-state index contributed by atoms with van der Waals surface area (Å²) in [5.74, 6) is -0.617. The summed E-state index contributed by atoms with van der Waals surface area (Å²) in [5.41, 5.74) is -0.532. The van der Waals surface area contributed by atoms with Crippen molar-refractivity contribution in [2.45, 2.75) is 66.4 Å². The molecule has 0 aromatic carbocycles. The van der Waals surface area contributed by atoms with Gasteiger partial charge in [0, 0.05) is 0 Å². The number of rotatable bonds is 7. The maximum absolute atomic E-state index is 12.0. The predicted molar refractivity (Wildman–Crippen MR) is 79.2 cm³/mol. The van der Waals surface area contributed by atoms with Crippen LogP contribution in [0, 0.1) is 17.8 Å². The third-order valence-corrected chi connectivity index (χ3v) is 3.31. The molecule has 0 aliphatic carbocycles. The predicted octanol–water partition coefficient (Wildman–Crippen LogP) is 3.58. The first-order valence-corrected chi connectivity index (χ1v) is 7.42. The van der Waals surface area contributed by atoms with E-state index in [1.165, 1.54) is 7.11 Å². The third-order valence-electron chi connectivity index (χ3n) is 3.31. The van der Waals surface area contributed by atoms with Crippen LogP contribution < -0.4 is 0 Å². The highest BCUT2D eigenvalue weighted by molar-refractivity contribution is 5.80. The van der Waals surface area contributed by atoms with Crippen LogP contribution in [-0.4, -0.2) is 24.6 Å². The normalized spacial score (nSPS) is 14.8. The molecule has 118 valence electrons. The summed E-state index contributed by atoms with van der Waals surface area (Å²) in [5, 5.41) is 0. The van der Waals surface area contributed by atoms with Crippen LogP contribution in [0.3, 0.4) is 0 Å². The second-order valence-electron chi connectivity index (χ2n) is 6.62. The van der Waals surface area contributed by atoms with Crippen LogP contribution in [0.2, 0.25) is 0 Å². The fourth-order valence-electron chi connectivity index (χ4n) is 2.46. The number of hydrogen-bond acceptors (Lipinski definition) is 4. The molecule has 0 aliphatic heterocycles. The van der Waals surface area contributed by atoms with Crippen LogP contribution in [0.5, 0.6) is 0 Å². The molecule has 0 aromatic heterocycles. The third kappa shape index (κ3) is 6.92. The van der Waals surface area contributed by atoms with Gasteiger partial charge in [-0.25, -0.2) is 0 Å². The summed E-state index contributed by atoms with van der Waals surface area (Å²) in [4.78, 5) is 24.0. The molecule has 0 spiro atoms. The number of methoxy groups -OCH3 is 1. The van der Waals surface area contributed by atoms with E-state index in [0.717, 1.165) is 12.8 Å². The van der Waals surface area contributed by atoms with Crippen molar-refractivity contribution in [3.63, 3.8) is 0 Å². The number of esters is 2. The van der Waals surface area contributed by atoms with E-state index < -0.39 is 11.5 Å². The van der Waals surface area contributed by atoms with Crippen molar-refractivity contribution < 1.29 is 19.1 Å². The van der Waals surface area contributed by atoms with Crippen molar-refractivity contribution in [1.82, 2.24) is 0 Å². The summed E-state index contributed by atoms with van der Waals surface area (Å²) in [6.45, 7) is 11.7. The first kappa shape index (κ1) is 18.9. The monoisotopic (exact) mass is 286 g/mol. The van der Waals surface area contributed by atoms with Gasteiger partial charge in [0.25, 0.3) is 0 Å². The summed E-state index contributed by atoms with van der Waals surface area (Å²) < 4.78 is 10.2. The van der Waals surface area contributed by atoms with Crippen molar-refractivity contribution in [3.05, 3.63) is 0 Å². The van der Waals surface area contributed by atoms with Crippen LogP contribution in [0.1, 0.15) is 60.8 Å². The van der Waals surface area contributed by atoms with Gasteiger partial charge in [-0.3, -0.25) is 9.59 Å². The van der Waals surface area contributed by atoms with E-state index >= 15 is 0 Å². The Balaban J connectivity index is 4.96. The van der Waals surface area contributed by atoms with Gasteiger partial charge >= 0.3 is 11.9 Å². The molecule has 0 aliphatic rings. The van der Waals surface area contributed by atoms with Crippen molar-refractivity contribution in [2.75, 3.05) is 7.11 Å². The molecule has 0 saturated heterocycles. The zero-order valence-electron chi connectivity index (χ0n) is 14.0. The minimum absolute atomic E-state index is 0.0901. The van der Waals surface area contributed by atoms with E-state index in [2.05, 4.69) is 20.8 Å². The van der Waals surface area contributed by atoms with Crippen LogP contribution >= 0.6 is 0 Å². The van der Waals surface area contributed by atoms with Gasteiger partial charge in [0.2, 0.25) is 0 Å². The van der Waals surface area contributed by atoms with Crippen molar-refractivity contribution in [2.24, 2.45) is 17.8 Å². The number of carbonyl (C=O) groups excluding carboxylic acids is 2. The van der Waals surface area contributed by atoms with Gasteiger partial charge in [-0.2, -0.15) is 0 Å². The molecular weight excluding hydrogens is 256 g/mol. The van der Waals surface area contributed by atoms with Gasteiger partial charge in [0.05, 0.1) is 19.4 Å². The quantitative estimate of drug-likeness (QED) is 0.671. The second-order valence-corrected chi connectivity index (χ2v) is 6.62. The highest BCUT2D eigenvalue weighted by atomic mass is 16.6. The van der Waals surface area contributed by atoms with E-state index in [9.17, 15) is 9.59 Å². The van der Waals surface area contributed by atoms with Gasteiger partial charge in [-0.1, -0.05) is 27.2 Å². The van der Waals surface area contributed by atoms with Gasteiger partial charge < -0.3 is 9.47 Å². The molecule has 4 nitrogen and oxygen atoms in total. The molecule has 20 heavy (non-hydrogen) atoms. The Hall–Kier alpha value is -1.06. The van der Waals surface area contributed by atoms with Crippen LogP contribution in [0.25, 0.3) is 0 Å². The fourth-order valence-corrected chi connectivity index (χ4v) is 2.46. The Labute approximate surface area is 123 Å². The van der Waals surface area contributed by atoms with Gasteiger partial charge in [-0.05, 0) is 39.0 Å². The Morgan fingerprint density at radius 3 is 2.05 bits per heavy atom. The molecule has 0 saturated carbocycles. The summed E-state index contributed by atoms with van der Waals surface area (Å²) >= 11 is 0. The Bertz CT molecular complexity index is 315. The number of carbonyl (C=O) groups is 2. The zero-order valence-corrected chi connectivity index (χ0v) is 14.0. The largest absolute Gasteiger partial charge is 0.469 e. The SMILES string of the molecule is CCCC(C(C)C)C(CC(=O)OC(C)(C)C)C(=O)OC. The molecule has 0 bridgehead atoms. The lowest BCUT2D eigenvalue weighted by molar-refractivity contribution is -0.162. The number of ether oxygens (including phenoxy) is 2. The van der Waals surface area contributed by atoms with Crippen LogP contribution in [-0.2, 0) is 19.1 Å². The lowest BCUT2D eigenvalue weighted by atomic mass is 9.78.